The Bertz CT molecular complexity index is 1060. The van der Waals surface area contributed by atoms with E-state index in [1.54, 1.807) is 18.7 Å². The molecule has 8 atom stereocenters. The molecule has 2 saturated heterocycles. The lowest BCUT2D eigenvalue weighted by molar-refractivity contribution is -0.149. The minimum absolute atomic E-state index is 0.0465. The van der Waals surface area contributed by atoms with Gasteiger partial charge in [-0.05, 0) is 62.2 Å². The molecule has 1 saturated carbocycles. The van der Waals surface area contributed by atoms with Gasteiger partial charge in [-0.3, -0.25) is 19.2 Å². The maximum absolute atomic E-state index is 14.2. The third kappa shape index (κ3) is 5.18. The van der Waals surface area contributed by atoms with Gasteiger partial charge >= 0.3 is 0 Å². The Morgan fingerprint density at radius 2 is 1.87 bits per heavy atom. The van der Waals surface area contributed by atoms with E-state index >= 15 is 0 Å². The van der Waals surface area contributed by atoms with E-state index < -0.39 is 35.0 Å². The number of carbonyl (C=O) groups is 4. The zero-order chi connectivity index (χ0) is 28.0. The first-order valence-corrected chi connectivity index (χ1v) is 13.6. The molecule has 10 nitrogen and oxygen atoms in total. The van der Waals surface area contributed by atoms with E-state index in [1.165, 1.54) is 7.11 Å². The van der Waals surface area contributed by atoms with Crippen molar-refractivity contribution in [3.63, 3.8) is 0 Å². The van der Waals surface area contributed by atoms with Crippen molar-refractivity contribution in [2.75, 3.05) is 20.2 Å². The molecule has 4 amide bonds. The minimum Gasteiger partial charge on any atom is -0.369 e. The smallest absolute Gasteiger partial charge is 0.252 e. The summed E-state index contributed by atoms with van der Waals surface area (Å²) in [6.45, 7) is 9.91. The summed E-state index contributed by atoms with van der Waals surface area (Å²) in [5, 5.41) is 18.3. The molecule has 0 aromatic carbocycles. The normalized spacial score (nSPS) is 31.4. The molecular formula is C28H41N5O5. The molecule has 2 bridgehead atoms. The maximum Gasteiger partial charge on any atom is 0.252 e. The Kier molecular flexibility index (Phi) is 7.63. The molecule has 0 unspecified atom stereocenters. The highest BCUT2D eigenvalue weighted by Gasteiger charge is 2.59. The predicted molar refractivity (Wildman–Crippen MR) is 139 cm³/mol. The number of amides is 4. The Labute approximate surface area is 224 Å². The van der Waals surface area contributed by atoms with Crippen LogP contribution in [0.5, 0.6) is 0 Å². The number of carbonyl (C=O) groups excluding carboxylic acids is 4. The number of hydrogen-bond acceptors (Lipinski definition) is 6. The number of methoxy groups -OCH3 is 1. The standard InChI is InChI=1S/C28H41N5O5/c1-27(2,3)22(32-26(37)28(4,5)38-6)25(36)33-14-19-15-7-8-16(11-15)20(19)21(33)24(35)31-18(13-29)12-17-9-10-30-23(17)34/h7-8,15-22H,9-12,14H2,1-6H3,(H,30,34)(H,31,35)(H,32,37)/t15-,16+,17+,18+,19-,20+,21+,22-/m1/s1. The van der Waals surface area contributed by atoms with Gasteiger partial charge in [-0.1, -0.05) is 32.9 Å². The van der Waals surface area contributed by atoms with Gasteiger partial charge in [0.05, 0.1) is 6.07 Å². The van der Waals surface area contributed by atoms with Crippen LogP contribution in [-0.2, 0) is 23.9 Å². The second kappa shape index (κ2) is 10.3. The first-order chi connectivity index (χ1) is 17.8. The van der Waals surface area contributed by atoms with Crippen molar-refractivity contribution in [3.8, 4) is 6.07 Å². The summed E-state index contributed by atoms with van der Waals surface area (Å²) in [5.74, 6) is -0.898. The molecule has 0 spiro atoms. The summed E-state index contributed by atoms with van der Waals surface area (Å²) in [5.41, 5.74) is -1.75. The van der Waals surface area contributed by atoms with Crippen molar-refractivity contribution >= 4 is 23.6 Å². The molecule has 3 fully saturated rings. The lowest BCUT2D eigenvalue weighted by Gasteiger charge is -2.38. The van der Waals surface area contributed by atoms with E-state index in [9.17, 15) is 24.4 Å². The second-order valence-electron chi connectivity index (χ2n) is 12.8. The van der Waals surface area contributed by atoms with Crippen LogP contribution >= 0.6 is 0 Å². The molecule has 0 aromatic rings. The van der Waals surface area contributed by atoms with Crippen molar-refractivity contribution in [1.82, 2.24) is 20.9 Å². The van der Waals surface area contributed by atoms with Crippen molar-refractivity contribution in [2.45, 2.75) is 77.6 Å². The number of rotatable bonds is 8. The summed E-state index contributed by atoms with van der Waals surface area (Å²) < 4.78 is 5.32. The third-order valence-corrected chi connectivity index (χ3v) is 8.95. The SMILES string of the molecule is COC(C)(C)C(=O)N[C@H](C(=O)N1C[C@H]2[C@@H]([C@H]1C(=O)N[C@H](C#N)C[C@@H]1CCNC1=O)[C@H]1C=C[C@@H]2C1)C(C)(C)C. The highest BCUT2D eigenvalue weighted by atomic mass is 16.5. The lowest BCUT2D eigenvalue weighted by Crippen LogP contribution is -2.61. The van der Waals surface area contributed by atoms with Gasteiger partial charge in [0.2, 0.25) is 17.7 Å². The number of nitrogens with one attached hydrogen (secondary N) is 3. The molecule has 4 aliphatic rings. The number of fused-ring (bicyclic) bond motifs is 5. The zero-order valence-electron chi connectivity index (χ0n) is 23.2. The average Bonchev–Trinajstić information content (AvgIpc) is 3.63. The van der Waals surface area contributed by atoms with Crippen LogP contribution in [0.25, 0.3) is 0 Å². The van der Waals surface area contributed by atoms with Gasteiger partial charge < -0.3 is 25.6 Å². The number of allylic oxidation sites excluding steroid dienone is 2. The van der Waals surface area contributed by atoms with Crippen LogP contribution in [-0.4, -0.2) is 72.5 Å². The topological polar surface area (TPSA) is 141 Å². The molecule has 0 radical (unpaired) electrons. The summed E-state index contributed by atoms with van der Waals surface area (Å²) >= 11 is 0. The molecule has 4 rings (SSSR count). The fourth-order valence-electron chi connectivity index (χ4n) is 6.55. The van der Waals surface area contributed by atoms with Crippen LogP contribution in [0.1, 0.15) is 53.9 Å². The van der Waals surface area contributed by atoms with Crippen LogP contribution in [0.2, 0.25) is 0 Å². The number of nitrogens with zero attached hydrogens (tertiary/aromatic N) is 2. The van der Waals surface area contributed by atoms with Crippen LogP contribution < -0.4 is 16.0 Å². The molecule has 2 heterocycles. The van der Waals surface area contributed by atoms with Crippen LogP contribution in [0, 0.1) is 46.3 Å². The van der Waals surface area contributed by atoms with Crippen molar-refractivity contribution in [1.29, 1.82) is 5.26 Å². The third-order valence-electron chi connectivity index (χ3n) is 8.95. The summed E-state index contributed by atoms with van der Waals surface area (Å²) in [7, 11) is 1.44. The van der Waals surface area contributed by atoms with E-state index in [1.807, 2.05) is 20.8 Å². The molecule has 2 aliphatic heterocycles. The zero-order valence-corrected chi connectivity index (χ0v) is 23.2. The first kappa shape index (κ1) is 28.1. The van der Waals surface area contributed by atoms with E-state index in [4.69, 9.17) is 4.74 Å². The number of nitriles is 1. The van der Waals surface area contributed by atoms with Crippen molar-refractivity contribution in [3.05, 3.63) is 12.2 Å². The fourth-order valence-corrected chi connectivity index (χ4v) is 6.55. The predicted octanol–water partition coefficient (Wildman–Crippen LogP) is 1.13. The molecule has 208 valence electrons. The fraction of sp³-hybridized carbons (Fsp3) is 0.750. The second-order valence-corrected chi connectivity index (χ2v) is 12.8. The van der Waals surface area contributed by atoms with E-state index in [0.29, 0.717) is 25.4 Å². The summed E-state index contributed by atoms with van der Waals surface area (Å²) in [4.78, 5) is 54.7. The van der Waals surface area contributed by atoms with Gasteiger partial charge in [-0.2, -0.15) is 5.26 Å². The summed E-state index contributed by atoms with van der Waals surface area (Å²) in [6, 6.07) is -0.323. The Hall–Kier alpha value is -2.93. The highest BCUT2D eigenvalue weighted by molar-refractivity contribution is 5.95. The van der Waals surface area contributed by atoms with Gasteiger partial charge in [0.15, 0.2) is 0 Å². The maximum atomic E-state index is 14.2. The van der Waals surface area contributed by atoms with E-state index in [-0.39, 0.29) is 47.8 Å². The largest absolute Gasteiger partial charge is 0.369 e. The number of ether oxygens (including phenoxy) is 1. The van der Waals surface area contributed by atoms with Gasteiger partial charge in [0.25, 0.3) is 5.91 Å². The van der Waals surface area contributed by atoms with Gasteiger partial charge in [0.1, 0.15) is 23.7 Å². The van der Waals surface area contributed by atoms with Crippen LogP contribution in [0.15, 0.2) is 12.2 Å². The molecule has 38 heavy (non-hydrogen) atoms. The quantitative estimate of drug-likeness (QED) is 0.404. The average molecular weight is 528 g/mol. The first-order valence-electron chi connectivity index (χ1n) is 13.6. The summed E-state index contributed by atoms with van der Waals surface area (Å²) in [6.07, 6.45) is 6.17. The van der Waals surface area contributed by atoms with Gasteiger partial charge in [-0.15, -0.1) is 0 Å². The van der Waals surface area contributed by atoms with Crippen LogP contribution in [0.3, 0.4) is 0 Å². The molecule has 10 heteroatoms. The Morgan fingerprint density at radius 3 is 2.45 bits per heavy atom. The number of likely N-dealkylation sites (tertiary alicyclic amines) is 1. The van der Waals surface area contributed by atoms with Crippen molar-refractivity contribution in [2.24, 2.45) is 35.0 Å². The minimum atomic E-state index is -1.13. The Balaban J connectivity index is 1.58. The monoisotopic (exact) mass is 527 g/mol. The Morgan fingerprint density at radius 1 is 1.18 bits per heavy atom. The molecule has 2 aliphatic carbocycles. The van der Waals surface area contributed by atoms with E-state index in [2.05, 4.69) is 34.2 Å². The van der Waals surface area contributed by atoms with E-state index in [0.717, 1.165) is 6.42 Å². The van der Waals surface area contributed by atoms with Crippen molar-refractivity contribution < 1.29 is 23.9 Å². The van der Waals surface area contributed by atoms with Crippen LogP contribution in [0.4, 0.5) is 0 Å². The molecular weight excluding hydrogens is 486 g/mol. The lowest BCUT2D eigenvalue weighted by atomic mass is 9.81. The van der Waals surface area contributed by atoms with Gasteiger partial charge in [-0.25, -0.2) is 0 Å². The molecule has 3 N–H and O–H groups in total. The van der Waals surface area contributed by atoms with Gasteiger partial charge in [0, 0.05) is 26.1 Å². The number of hydrogen-bond donors (Lipinski definition) is 3. The molecule has 0 aromatic heterocycles. The highest BCUT2D eigenvalue weighted by Crippen LogP contribution is 2.54.